The van der Waals surface area contributed by atoms with Crippen molar-refractivity contribution in [2.24, 2.45) is 17.8 Å². The largest absolute Gasteiger partial charge is 0.314 e. The van der Waals surface area contributed by atoms with Gasteiger partial charge in [0.2, 0.25) is 0 Å². The van der Waals surface area contributed by atoms with Crippen molar-refractivity contribution in [3.63, 3.8) is 0 Å². The number of benzene rings is 1. The second kappa shape index (κ2) is 6.96. The molecule has 116 valence electrons. The van der Waals surface area contributed by atoms with Gasteiger partial charge in [-0.25, -0.2) is 0 Å². The first-order chi connectivity index (χ1) is 10.3. The molecule has 0 aromatic heterocycles. The highest BCUT2D eigenvalue weighted by atomic mass is 14.9. The van der Waals surface area contributed by atoms with E-state index in [2.05, 4.69) is 49.5 Å². The van der Waals surface area contributed by atoms with Crippen LogP contribution in [0.3, 0.4) is 0 Å². The van der Waals surface area contributed by atoms with Crippen LogP contribution in [0.2, 0.25) is 0 Å². The summed E-state index contributed by atoms with van der Waals surface area (Å²) in [7, 11) is 0. The van der Waals surface area contributed by atoms with Gasteiger partial charge in [-0.05, 0) is 48.6 Å². The first-order valence-corrected chi connectivity index (χ1v) is 9.13. The van der Waals surface area contributed by atoms with E-state index in [0.717, 1.165) is 36.3 Å². The van der Waals surface area contributed by atoms with E-state index in [4.69, 9.17) is 0 Å². The minimum atomic E-state index is 0.755. The van der Waals surface area contributed by atoms with E-state index in [1.807, 2.05) is 0 Å². The molecule has 5 unspecified atom stereocenters. The predicted octanol–water partition coefficient (Wildman–Crippen LogP) is 4.98. The molecule has 5 atom stereocenters. The lowest BCUT2D eigenvalue weighted by Crippen LogP contribution is -2.43. The Bertz CT molecular complexity index is 427. The quantitative estimate of drug-likeness (QED) is 0.777. The van der Waals surface area contributed by atoms with Gasteiger partial charge in [-0.2, -0.15) is 0 Å². The van der Waals surface area contributed by atoms with Crippen molar-refractivity contribution in [1.82, 2.24) is 5.32 Å². The number of hydrogen-bond donors (Lipinski definition) is 1. The molecule has 0 heterocycles. The smallest absolute Gasteiger partial charge is 0.0132 e. The van der Waals surface area contributed by atoms with E-state index >= 15 is 0 Å². The summed E-state index contributed by atoms with van der Waals surface area (Å²) in [6, 6.07) is 11.9. The van der Waals surface area contributed by atoms with Crippen molar-refractivity contribution >= 4 is 0 Å². The second-order valence-electron chi connectivity index (χ2n) is 7.12. The Balaban J connectivity index is 1.70. The van der Waals surface area contributed by atoms with Crippen LogP contribution >= 0.6 is 0 Å². The molecule has 1 aromatic carbocycles. The van der Waals surface area contributed by atoms with E-state index in [1.165, 1.54) is 38.5 Å². The standard InChI is InChI=1S/C20H31N/c1-3-15-10-8-9-13-17(15)20(21-4-2)19-14-18(19)16-11-6-5-7-12-16/h5-7,11-12,15,17-21H,3-4,8-10,13-14H2,1-2H3. The fourth-order valence-corrected chi connectivity index (χ4v) is 4.77. The minimum Gasteiger partial charge on any atom is -0.314 e. The lowest BCUT2D eigenvalue weighted by molar-refractivity contribution is 0.162. The van der Waals surface area contributed by atoms with Crippen molar-refractivity contribution < 1.29 is 0 Å². The number of nitrogens with one attached hydrogen (secondary N) is 1. The van der Waals surface area contributed by atoms with Gasteiger partial charge in [0.25, 0.3) is 0 Å². The van der Waals surface area contributed by atoms with Crippen molar-refractivity contribution in [2.75, 3.05) is 6.54 Å². The molecule has 2 saturated carbocycles. The Morgan fingerprint density at radius 1 is 1.05 bits per heavy atom. The van der Waals surface area contributed by atoms with Crippen molar-refractivity contribution in [2.45, 2.75) is 64.3 Å². The molecule has 3 rings (SSSR count). The molecular formula is C20H31N. The van der Waals surface area contributed by atoms with Crippen LogP contribution in [0.4, 0.5) is 0 Å². The van der Waals surface area contributed by atoms with E-state index in [-0.39, 0.29) is 0 Å². The molecule has 2 aliphatic rings. The Labute approximate surface area is 130 Å². The van der Waals surface area contributed by atoms with Crippen LogP contribution in [0, 0.1) is 17.8 Å². The van der Waals surface area contributed by atoms with E-state index in [1.54, 1.807) is 5.56 Å². The Morgan fingerprint density at radius 3 is 2.52 bits per heavy atom. The van der Waals surface area contributed by atoms with E-state index in [9.17, 15) is 0 Å². The maximum Gasteiger partial charge on any atom is 0.0132 e. The summed E-state index contributed by atoms with van der Waals surface area (Å²) >= 11 is 0. The third kappa shape index (κ3) is 3.34. The Morgan fingerprint density at radius 2 is 1.81 bits per heavy atom. The summed E-state index contributed by atoms with van der Waals surface area (Å²) in [5.74, 6) is 3.57. The molecule has 0 bridgehead atoms. The third-order valence-electron chi connectivity index (χ3n) is 5.92. The number of hydrogen-bond acceptors (Lipinski definition) is 1. The first kappa shape index (κ1) is 15.1. The van der Waals surface area contributed by atoms with Crippen molar-refractivity contribution in [3.05, 3.63) is 35.9 Å². The molecular weight excluding hydrogens is 254 g/mol. The van der Waals surface area contributed by atoms with Gasteiger partial charge in [0.05, 0.1) is 0 Å². The van der Waals surface area contributed by atoms with Gasteiger partial charge < -0.3 is 5.32 Å². The van der Waals surface area contributed by atoms with Crippen LogP contribution in [0.1, 0.15) is 63.9 Å². The first-order valence-electron chi connectivity index (χ1n) is 9.13. The van der Waals surface area contributed by atoms with Crippen LogP contribution in [0.15, 0.2) is 30.3 Å². The molecule has 2 aliphatic carbocycles. The Kier molecular flexibility index (Phi) is 5.00. The summed E-state index contributed by atoms with van der Waals surface area (Å²) in [6.45, 7) is 5.79. The van der Waals surface area contributed by atoms with Gasteiger partial charge in [-0.3, -0.25) is 0 Å². The molecule has 0 amide bonds. The predicted molar refractivity (Wildman–Crippen MR) is 90.5 cm³/mol. The summed E-state index contributed by atoms with van der Waals surface area (Å²) in [4.78, 5) is 0. The molecule has 1 heteroatoms. The van der Waals surface area contributed by atoms with Crippen LogP contribution in [-0.2, 0) is 0 Å². The molecule has 0 aliphatic heterocycles. The van der Waals surface area contributed by atoms with Gasteiger partial charge in [0.15, 0.2) is 0 Å². The van der Waals surface area contributed by atoms with Gasteiger partial charge in [-0.15, -0.1) is 0 Å². The fourth-order valence-electron chi connectivity index (χ4n) is 4.77. The lowest BCUT2D eigenvalue weighted by atomic mass is 9.72. The molecule has 0 radical (unpaired) electrons. The fraction of sp³-hybridized carbons (Fsp3) is 0.700. The third-order valence-corrected chi connectivity index (χ3v) is 5.92. The zero-order valence-corrected chi connectivity index (χ0v) is 13.7. The van der Waals surface area contributed by atoms with Gasteiger partial charge in [0, 0.05) is 6.04 Å². The highest BCUT2D eigenvalue weighted by Gasteiger charge is 2.47. The summed E-state index contributed by atoms with van der Waals surface area (Å²) in [6.07, 6.45) is 8.59. The maximum atomic E-state index is 3.88. The van der Waals surface area contributed by atoms with Crippen LogP contribution in [0.5, 0.6) is 0 Å². The van der Waals surface area contributed by atoms with E-state index in [0.29, 0.717) is 0 Å². The highest BCUT2D eigenvalue weighted by Crippen LogP contribution is 2.53. The van der Waals surface area contributed by atoms with Crippen LogP contribution < -0.4 is 5.32 Å². The molecule has 1 N–H and O–H groups in total. The highest BCUT2D eigenvalue weighted by molar-refractivity contribution is 5.27. The molecule has 0 spiro atoms. The summed E-state index contributed by atoms with van der Waals surface area (Å²) < 4.78 is 0. The normalized spacial score (nSPS) is 33.6. The van der Waals surface area contributed by atoms with Crippen molar-refractivity contribution in [1.29, 1.82) is 0 Å². The topological polar surface area (TPSA) is 12.0 Å². The van der Waals surface area contributed by atoms with Gasteiger partial charge in [-0.1, -0.05) is 69.9 Å². The van der Waals surface area contributed by atoms with Crippen LogP contribution in [0.25, 0.3) is 0 Å². The monoisotopic (exact) mass is 285 g/mol. The SMILES string of the molecule is CCNC(C1CCCCC1CC)C1CC1c1ccccc1. The average Bonchev–Trinajstić information content (AvgIpc) is 3.34. The summed E-state index contributed by atoms with van der Waals surface area (Å²) in [5.41, 5.74) is 1.56. The van der Waals surface area contributed by atoms with E-state index < -0.39 is 0 Å². The minimum absolute atomic E-state index is 0.755. The zero-order valence-electron chi connectivity index (χ0n) is 13.7. The van der Waals surface area contributed by atoms with Gasteiger partial charge >= 0.3 is 0 Å². The molecule has 2 fully saturated rings. The molecule has 21 heavy (non-hydrogen) atoms. The molecule has 1 aromatic rings. The number of rotatable bonds is 6. The van der Waals surface area contributed by atoms with Crippen molar-refractivity contribution in [3.8, 4) is 0 Å². The average molecular weight is 285 g/mol. The maximum absolute atomic E-state index is 3.88. The molecule has 1 nitrogen and oxygen atoms in total. The second-order valence-corrected chi connectivity index (χ2v) is 7.12. The summed E-state index contributed by atoms with van der Waals surface area (Å²) in [5, 5.41) is 3.88. The van der Waals surface area contributed by atoms with Gasteiger partial charge in [0.1, 0.15) is 0 Å². The molecule has 0 saturated heterocycles. The van der Waals surface area contributed by atoms with Crippen LogP contribution in [-0.4, -0.2) is 12.6 Å². The Hall–Kier alpha value is -0.820. The lowest BCUT2D eigenvalue weighted by Gasteiger charge is -2.38. The zero-order chi connectivity index (χ0) is 14.7.